The van der Waals surface area contributed by atoms with Gasteiger partial charge in [-0.05, 0) is 12.1 Å². The van der Waals surface area contributed by atoms with E-state index in [1.165, 1.54) is 0 Å². The lowest BCUT2D eigenvalue weighted by Gasteiger charge is -2.03. The molecule has 6 nitrogen and oxygen atoms in total. The SMILES string of the molecule is Cn1c(-c2nc(C(F)(F)F)n[nH]2)c(-c2cn[nH]c2)c2cc(Cl)c(Cl)cc21. The first kappa shape index (κ1) is 16.9. The van der Waals surface area contributed by atoms with E-state index >= 15 is 0 Å². The summed E-state index contributed by atoms with van der Waals surface area (Å²) in [5.41, 5.74) is 2.35. The van der Waals surface area contributed by atoms with Crippen LogP contribution in [0.1, 0.15) is 5.82 Å². The highest BCUT2D eigenvalue weighted by Crippen LogP contribution is 2.42. The van der Waals surface area contributed by atoms with Crippen molar-refractivity contribution < 1.29 is 13.2 Å². The molecule has 4 rings (SSSR count). The van der Waals surface area contributed by atoms with Crippen LogP contribution in [-0.4, -0.2) is 29.9 Å². The molecule has 0 aliphatic rings. The molecule has 0 amide bonds. The van der Waals surface area contributed by atoms with Gasteiger partial charge in [-0.25, -0.2) is 4.98 Å². The van der Waals surface area contributed by atoms with Crippen LogP contribution in [0.25, 0.3) is 33.5 Å². The third-order valence-electron chi connectivity index (χ3n) is 3.99. The summed E-state index contributed by atoms with van der Waals surface area (Å²) < 4.78 is 40.4. The Morgan fingerprint density at radius 1 is 1.15 bits per heavy atom. The molecule has 11 heteroatoms. The van der Waals surface area contributed by atoms with E-state index in [0.717, 1.165) is 0 Å². The number of halogens is 5. The van der Waals surface area contributed by atoms with E-state index in [9.17, 15) is 13.2 Å². The lowest BCUT2D eigenvalue weighted by Crippen LogP contribution is -2.07. The number of hydrogen-bond donors (Lipinski definition) is 2. The molecule has 2 N–H and O–H groups in total. The van der Waals surface area contributed by atoms with Crippen molar-refractivity contribution in [3.05, 3.63) is 40.4 Å². The van der Waals surface area contributed by atoms with Crippen LogP contribution in [0.2, 0.25) is 10.0 Å². The molecule has 134 valence electrons. The maximum atomic E-state index is 12.9. The molecule has 0 unspecified atom stereocenters. The van der Waals surface area contributed by atoms with Crippen molar-refractivity contribution in [2.24, 2.45) is 7.05 Å². The Labute approximate surface area is 153 Å². The minimum atomic E-state index is -4.65. The van der Waals surface area contributed by atoms with Gasteiger partial charge in [0.15, 0.2) is 5.82 Å². The lowest BCUT2D eigenvalue weighted by molar-refractivity contribution is -0.144. The number of fused-ring (bicyclic) bond motifs is 1. The van der Waals surface area contributed by atoms with E-state index < -0.39 is 12.0 Å². The Morgan fingerprint density at radius 3 is 2.50 bits per heavy atom. The molecule has 0 fully saturated rings. The zero-order chi connectivity index (χ0) is 18.6. The highest BCUT2D eigenvalue weighted by molar-refractivity contribution is 6.43. The van der Waals surface area contributed by atoms with Crippen molar-refractivity contribution in [1.82, 2.24) is 29.9 Å². The van der Waals surface area contributed by atoms with Crippen LogP contribution in [0.4, 0.5) is 13.2 Å². The molecule has 0 aliphatic carbocycles. The predicted octanol–water partition coefficient (Wildman–Crippen LogP) is 4.68. The number of aromatic nitrogens is 6. The van der Waals surface area contributed by atoms with Gasteiger partial charge >= 0.3 is 6.18 Å². The third kappa shape index (κ3) is 2.55. The number of H-pyrrole nitrogens is 2. The Balaban J connectivity index is 2.07. The number of nitrogens with one attached hydrogen (secondary N) is 2. The van der Waals surface area contributed by atoms with Gasteiger partial charge in [-0.2, -0.15) is 18.3 Å². The van der Waals surface area contributed by atoms with Gasteiger partial charge in [0.25, 0.3) is 5.82 Å². The number of alkyl halides is 3. The zero-order valence-corrected chi connectivity index (χ0v) is 14.5. The summed E-state index contributed by atoms with van der Waals surface area (Å²) in [6.07, 6.45) is -1.47. The smallest absolute Gasteiger partial charge is 0.340 e. The van der Waals surface area contributed by atoms with Crippen LogP contribution in [0.3, 0.4) is 0 Å². The van der Waals surface area contributed by atoms with Crippen molar-refractivity contribution in [3.63, 3.8) is 0 Å². The van der Waals surface area contributed by atoms with E-state index in [-0.39, 0.29) is 5.82 Å². The van der Waals surface area contributed by atoms with Crippen LogP contribution in [0, 0.1) is 0 Å². The van der Waals surface area contributed by atoms with Gasteiger partial charge < -0.3 is 4.57 Å². The first-order valence-electron chi connectivity index (χ1n) is 7.24. The summed E-state index contributed by atoms with van der Waals surface area (Å²) in [6, 6.07) is 3.30. The molecule has 0 aliphatic heterocycles. The van der Waals surface area contributed by atoms with Crippen LogP contribution in [0.5, 0.6) is 0 Å². The van der Waals surface area contributed by atoms with Crippen molar-refractivity contribution in [2.45, 2.75) is 6.18 Å². The quantitative estimate of drug-likeness (QED) is 0.512. The number of aryl methyl sites for hydroxylation is 1. The first-order valence-corrected chi connectivity index (χ1v) is 7.99. The molecule has 0 saturated heterocycles. The normalized spacial score (nSPS) is 12.2. The molecule has 3 heterocycles. The van der Waals surface area contributed by atoms with Gasteiger partial charge in [-0.3, -0.25) is 10.2 Å². The fraction of sp³-hybridized carbons (Fsp3) is 0.133. The predicted molar refractivity (Wildman–Crippen MR) is 90.9 cm³/mol. The molecule has 1 aromatic carbocycles. The lowest BCUT2D eigenvalue weighted by atomic mass is 10.0. The number of nitrogens with zero attached hydrogens (tertiary/aromatic N) is 4. The molecular formula is C15H9Cl2F3N6. The maximum absolute atomic E-state index is 12.9. The molecule has 0 radical (unpaired) electrons. The topological polar surface area (TPSA) is 75.2 Å². The van der Waals surface area contributed by atoms with Gasteiger partial charge in [-0.15, -0.1) is 5.10 Å². The molecule has 4 aromatic rings. The molecular weight excluding hydrogens is 392 g/mol. The van der Waals surface area contributed by atoms with E-state index in [4.69, 9.17) is 23.2 Å². The van der Waals surface area contributed by atoms with Gasteiger partial charge in [0, 0.05) is 29.8 Å². The molecule has 0 atom stereocenters. The monoisotopic (exact) mass is 400 g/mol. The van der Waals surface area contributed by atoms with Gasteiger partial charge in [0.05, 0.1) is 27.5 Å². The standard InChI is InChI=1S/C15H9Cl2F3N6/c1-26-10-3-9(17)8(16)2-7(10)11(6-4-21-22-5-6)12(26)13-23-14(25-24-13)15(18,19)20/h2-5H,1H3,(H,21,22)(H,23,24,25). The maximum Gasteiger partial charge on any atom is 0.453 e. The fourth-order valence-electron chi connectivity index (χ4n) is 2.88. The van der Waals surface area contributed by atoms with E-state index in [2.05, 4.69) is 25.4 Å². The highest BCUT2D eigenvalue weighted by Gasteiger charge is 2.37. The number of hydrogen-bond acceptors (Lipinski definition) is 3. The second-order valence-corrected chi connectivity index (χ2v) is 6.37. The fourth-order valence-corrected chi connectivity index (χ4v) is 3.20. The number of benzene rings is 1. The largest absolute Gasteiger partial charge is 0.453 e. The van der Waals surface area contributed by atoms with Gasteiger partial charge in [0.1, 0.15) is 0 Å². The molecule has 0 saturated carbocycles. The summed E-state index contributed by atoms with van der Waals surface area (Å²) >= 11 is 12.3. The Bertz CT molecular complexity index is 1110. The summed E-state index contributed by atoms with van der Waals surface area (Å²) in [5.74, 6) is -1.27. The zero-order valence-electron chi connectivity index (χ0n) is 13.0. The summed E-state index contributed by atoms with van der Waals surface area (Å²) in [5, 5.41) is 13.6. The highest BCUT2D eigenvalue weighted by atomic mass is 35.5. The van der Waals surface area contributed by atoms with Crippen LogP contribution < -0.4 is 0 Å². The Hall–Kier alpha value is -2.52. The molecule has 0 spiro atoms. The average molecular weight is 401 g/mol. The van der Waals surface area contributed by atoms with E-state index in [1.807, 2.05) is 0 Å². The summed E-state index contributed by atoms with van der Waals surface area (Å²) in [4.78, 5) is 3.61. The van der Waals surface area contributed by atoms with Crippen molar-refractivity contribution in [2.75, 3.05) is 0 Å². The Kier molecular flexibility index (Phi) is 3.74. The minimum absolute atomic E-state index is 0.0283. The van der Waals surface area contributed by atoms with Gasteiger partial charge in [-0.1, -0.05) is 23.2 Å². The van der Waals surface area contributed by atoms with Crippen molar-refractivity contribution >= 4 is 34.1 Å². The summed E-state index contributed by atoms with van der Waals surface area (Å²) in [7, 11) is 1.70. The van der Waals surface area contributed by atoms with Crippen LogP contribution >= 0.6 is 23.2 Å². The minimum Gasteiger partial charge on any atom is -0.340 e. The van der Waals surface area contributed by atoms with Gasteiger partial charge in [0.2, 0.25) is 0 Å². The average Bonchev–Trinajstić information content (AvgIpc) is 3.28. The number of aromatic amines is 2. The van der Waals surface area contributed by atoms with E-state index in [1.54, 1.807) is 36.1 Å². The molecule has 3 aromatic heterocycles. The second-order valence-electron chi connectivity index (χ2n) is 5.56. The third-order valence-corrected chi connectivity index (χ3v) is 4.71. The van der Waals surface area contributed by atoms with Crippen molar-refractivity contribution in [1.29, 1.82) is 0 Å². The number of rotatable bonds is 2. The first-order chi connectivity index (χ1) is 12.3. The Morgan fingerprint density at radius 2 is 1.88 bits per heavy atom. The van der Waals surface area contributed by atoms with Crippen LogP contribution in [-0.2, 0) is 13.2 Å². The van der Waals surface area contributed by atoms with E-state index in [0.29, 0.717) is 37.8 Å². The second kappa shape index (κ2) is 5.75. The molecule has 26 heavy (non-hydrogen) atoms. The van der Waals surface area contributed by atoms with Crippen LogP contribution in [0.15, 0.2) is 24.5 Å². The molecule has 0 bridgehead atoms. The summed E-state index contributed by atoms with van der Waals surface area (Å²) in [6.45, 7) is 0. The van der Waals surface area contributed by atoms with Crippen molar-refractivity contribution in [3.8, 4) is 22.6 Å².